The second-order valence-corrected chi connectivity index (χ2v) is 6.53. The number of ether oxygens (including phenoxy) is 1. The quantitative estimate of drug-likeness (QED) is 0.317. The summed E-state index contributed by atoms with van der Waals surface area (Å²) in [7, 11) is 0. The minimum atomic E-state index is -0.868. The molecule has 2 aromatic carbocycles. The van der Waals surface area contributed by atoms with Gasteiger partial charge in [-0.3, -0.25) is 19.7 Å². The van der Waals surface area contributed by atoms with Crippen molar-refractivity contribution in [3.63, 3.8) is 0 Å². The van der Waals surface area contributed by atoms with E-state index in [1.807, 2.05) is 0 Å². The van der Waals surface area contributed by atoms with Crippen LogP contribution in [0.1, 0.15) is 33.6 Å². The number of rotatable bonds is 6. The highest BCUT2D eigenvalue weighted by Gasteiger charge is 2.22. The molecule has 144 valence electrons. The third-order valence-electron chi connectivity index (χ3n) is 4.29. The molecule has 0 unspecified atom stereocenters. The second kappa shape index (κ2) is 8.18. The smallest absolute Gasteiger partial charge is 0.338 e. The zero-order valence-corrected chi connectivity index (χ0v) is 15.3. The zero-order chi connectivity index (χ0) is 20.3. The monoisotopic (exact) mass is 402 g/mol. The Bertz CT molecular complexity index is 957. The van der Waals surface area contributed by atoms with Crippen molar-refractivity contribution in [2.75, 3.05) is 18.1 Å². The van der Waals surface area contributed by atoms with Crippen molar-refractivity contribution in [2.24, 2.45) is 0 Å². The molecule has 0 N–H and O–H groups in total. The first-order chi connectivity index (χ1) is 13.4. The highest BCUT2D eigenvalue weighted by atomic mass is 35.5. The van der Waals surface area contributed by atoms with E-state index in [1.165, 1.54) is 12.1 Å². The Morgan fingerprint density at radius 2 is 1.82 bits per heavy atom. The van der Waals surface area contributed by atoms with E-state index in [0.717, 1.165) is 12.5 Å². The topological polar surface area (TPSA) is 107 Å². The van der Waals surface area contributed by atoms with Crippen LogP contribution in [0.3, 0.4) is 0 Å². The first-order valence-corrected chi connectivity index (χ1v) is 8.79. The van der Waals surface area contributed by atoms with Crippen LogP contribution in [0, 0.1) is 10.1 Å². The third kappa shape index (κ3) is 4.17. The van der Waals surface area contributed by atoms with E-state index in [0.29, 0.717) is 24.2 Å². The largest absolute Gasteiger partial charge is 0.454 e. The number of carbonyl (C=O) groups is 3. The maximum Gasteiger partial charge on any atom is 0.338 e. The summed E-state index contributed by atoms with van der Waals surface area (Å²) in [5.74, 6) is -1.26. The number of halogens is 1. The van der Waals surface area contributed by atoms with Gasteiger partial charge >= 0.3 is 5.97 Å². The van der Waals surface area contributed by atoms with Gasteiger partial charge in [0, 0.05) is 30.3 Å². The van der Waals surface area contributed by atoms with E-state index in [2.05, 4.69) is 0 Å². The Kier molecular flexibility index (Phi) is 5.70. The number of nitrogens with zero attached hydrogens (tertiary/aromatic N) is 2. The number of nitro groups is 1. The molecule has 3 rings (SSSR count). The normalized spacial score (nSPS) is 13.5. The number of carbonyl (C=O) groups excluding carboxylic acids is 3. The SMILES string of the molecule is O=C(COC(=O)c1ccc(Cl)c([N+](=O)[O-])c1)c1ccc(N2CCCC2=O)cc1. The predicted octanol–water partition coefficient (Wildman–Crippen LogP) is 3.41. The van der Waals surface area contributed by atoms with Gasteiger partial charge in [0.15, 0.2) is 12.4 Å². The fourth-order valence-corrected chi connectivity index (χ4v) is 3.01. The van der Waals surface area contributed by atoms with Crippen molar-refractivity contribution in [2.45, 2.75) is 12.8 Å². The minimum Gasteiger partial charge on any atom is -0.454 e. The number of benzene rings is 2. The highest BCUT2D eigenvalue weighted by Crippen LogP contribution is 2.25. The number of Topliss-reactive ketones (excluding diaryl/α,β-unsaturated/α-hetero) is 1. The molecule has 0 aromatic heterocycles. The average molecular weight is 403 g/mol. The standard InChI is InChI=1S/C19H15ClN2O6/c20-15-8-5-13(10-16(15)22(26)27)19(25)28-11-17(23)12-3-6-14(7-4-12)21-9-1-2-18(21)24/h3-8,10H,1-2,9,11H2. The van der Waals surface area contributed by atoms with Crippen molar-refractivity contribution < 1.29 is 24.0 Å². The maximum atomic E-state index is 12.2. The Morgan fingerprint density at radius 1 is 1.14 bits per heavy atom. The first-order valence-electron chi connectivity index (χ1n) is 8.41. The van der Waals surface area contributed by atoms with Gasteiger partial charge in [-0.15, -0.1) is 0 Å². The molecular formula is C19H15ClN2O6. The van der Waals surface area contributed by atoms with Gasteiger partial charge in [-0.25, -0.2) is 4.79 Å². The number of amides is 1. The zero-order valence-electron chi connectivity index (χ0n) is 14.6. The van der Waals surface area contributed by atoms with Gasteiger partial charge in [-0.2, -0.15) is 0 Å². The van der Waals surface area contributed by atoms with Crippen LogP contribution in [0.2, 0.25) is 5.02 Å². The molecule has 1 aliphatic heterocycles. The Morgan fingerprint density at radius 3 is 2.43 bits per heavy atom. The summed E-state index contributed by atoms with van der Waals surface area (Å²) in [5, 5.41) is 10.8. The summed E-state index contributed by atoms with van der Waals surface area (Å²) < 4.78 is 4.95. The van der Waals surface area contributed by atoms with Crippen LogP contribution in [-0.2, 0) is 9.53 Å². The lowest BCUT2D eigenvalue weighted by Gasteiger charge is -2.15. The third-order valence-corrected chi connectivity index (χ3v) is 4.61. The van der Waals surface area contributed by atoms with E-state index in [-0.39, 0.29) is 16.5 Å². The molecule has 0 aliphatic carbocycles. The van der Waals surface area contributed by atoms with Crippen LogP contribution in [0.25, 0.3) is 0 Å². The molecule has 1 amide bonds. The van der Waals surface area contributed by atoms with E-state index < -0.39 is 29.0 Å². The minimum absolute atomic E-state index is 0.0464. The van der Waals surface area contributed by atoms with Crippen molar-refractivity contribution in [3.05, 3.63) is 68.7 Å². The van der Waals surface area contributed by atoms with Gasteiger partial charge in [0.25, 0.3) is 5.69 Å². The lowest BCUT2D eigenvalue weighted by atomic mass is 10.1. The first kappa shape index (κ1) is 19.5. The number of ketones is 1. The Balaban J connectivity index is 1.62. The van der Waals surface area contributed by atoms with E-state index in [9.17, 15) is 24.5 Å². The van der Waals surface area contributed by atoms with Crippen LogP contribution in [-0.4, -0.2) is 35.7 Å². The van der Waals surface area contributed by atoms with E-state index >= 15 is 0 Å². The number of nitro benzene ring substituents is 1. The van der Waals surface area contributed by atoms with Gasteiger partial charge in [-0.05, 0) is 42.8 Å². The van der Waals surface area contributed by atoms with Crippen LogP contribution in [0.15, 0.2) is 42.5 Å². The fourth-order valence-electron chi connectivity index (χ4n) is 2.83. The molecule has 28 heavy (non-hydrogen) atoms. The van der Waals surface area contributed by atoms with Crippen molar-refractivity contribution in [1.82, 2.24) is 0 Å². The summed E-state index contributed by atoms with van der Waals surface area (Å²) in [5.41, 5.74) is 0.538. The number of hydrogen-bond acceptors (Lipinski definition) is 6. The molecule has 1 saturated heterocycles. The number of anilines is 1. The molecule has 0 radical (unpaired) electrons. The lowest BCUT2D eigenvalue weighted by Crippen LogP contribution is -2.23. The van der Waals surface area contributed by atoms with Gasteiger partial charge in [-0.1, -0.05) is 11.6 Å². The maximum absolute atomic E-state index is 12.2. The molecule has 1 aliphatic rings. The summed E-state index contributed by atoms with van der Waals surface area (Å²) in [6.07, 6.45) is 1.32. The Hall–Kier alpha value is -3.26. The summed E-state index contributed by atoms with van der Waals surface area (Å²) in [6, 6.07) is 9.95. The van der Waals surface area contributed by atoms with Crippen molar-refractivity contribution >= 4 is 40.6 Å². The molecule has 2 aromatic rings. The molecule has 0 bridgehead atoms. The van der Waals surface area contributed by atoms with Gasteiger partial charge < -0.3 is 9.64 Å². The van der Waals surface area contributed by atoms with Crippen LogP contribution in [0.5, 0.6) is 0 Å². The van der Waals surface area contributed by atoms with Crippen molar-refractivity contribution in [3.8, 4) is 0 Å². The van der Waals surface area contributed by atoms with Gasteiger partial charge in [0.1, 0.15) is 5.02 Å². The Labute approximate surface area is 164 Å². The summed E-state index contributed by atoms with van der Waals surface area (Å²) >= 11 is 5.70. The van der Waals surface area contributed by atoms with Crippen LogP contribution < -0.4 is 4.90 Å². The van der Waals surface area contributed by atoms with Crippen LogP contribution >= 0.6 is 11.6 Å². The summed E-state index contributed by atoms with van der Waals surface area (Å²) in [4.78, 5) is 47.8. The lowest BCUT2D eigenvalue weighted by molar-refractivity contribution is -0.384. The van der Waals surface area contributed by atoms with Gasteiger partial charge in [0.2, 0.25) is 5.91 Å². The number of esters is 1. The number of hydrogen-bond donors (Lipinski definition) is 0. The highest BCUT2D eigenvalue weighted by molar-refractivity contribution is 6.32. The van der Waals surface area contributed by atoms with E-state index in [4.69, 9.17) is 16.3 Å². The molecule has 0 saturated carbocycles. The second-order valence-electron chi connectivity index (χ2n) is 6.12. The average Bonchev–Trinajstić information content (AvgIpc) is 3.12. The predicted molar refractivity (Wildman–Crippen MR) is 101 cm³/mol. The van der Waals surface area contributed by atoms with Gasteiger partial charge in [0.05, 0.1) is 10.5 Å². The molecule has 1 heterocycles. The van der Waals surface area contributed by atoms with E-state index in [1.54, 1.807) is 29.2 Å². The summed E-state index contributed by atoms with van der Waals surface area (Å²) in [6.45, 7) is 0.133. The molecule has 0 spiro atoms. The molecular weight excluding hydrogens is 388 g/mol. The molecule has 1 fully saturated rings. The van der Waals surface area contributed by atoms with Crippen LogP contribution in [0.4, 0.5) is 11.4 Å². The molecule has 8 nitrogen and oxygen atoms in total. The molecule has 0 atom stereocenters. The fraction of sp³-hybridized carbons (Fsp3) is 0.211. The molecule has 9 heteroatoms. The van der Waals surface area contributed by atoms with Crippen molar-refractivity contribution in [1.29, 1.82) is 0 Å².